The first-order valence-corrected chi connectivity index (χ1v) is 4.63. The minimum atomic E-state index is -0.221. The quantitative estimate of drug-likeness (QED) is 0.530. The minimum absolute atomic E-state index is 0.000726. The molecule has 10 heavy (non-hydrogen) atoms. The Morgan fingerprint density at radius 3 is 2.90 bits per heavy atom. The van der Waals surface area contributed by atoms with Gasteiger partial charge in [-0.3, -0.25) is 0 Å². The highest BCUT2D eigenvalue weighted by Gasteiger charge is 1.97. The van der Waals surface area contributed by atoms with Gasteiger partial charge in [-0.05, 0) is 6.26 Å². The van der Waals surface area contributed by atoms with Gasteiger partial charge in [0, 0.05) is 5.75 Å². The third kappa shape index (κ3) is 6.35. The number of aliphatic hydroxyl groups excluding tert-OH is 1. The van der Waals surface area contributed by atoms with Crippen molar-refractivity contribution in [1.82, 2.24) is 0 Å². The fourth-order valence-corrected chi connectivity index (χ4v) is 0.714. The fourth-order valence-electron chi connectivity index (χ4n) is 0.430. The summed E-state index contributed by atoms with van der Waals surface area (Å²) in [5.41, 5.74) is 5.37. The van der Waals surface area contributed by atoms with E-state index in [1.807, 2.05) is 6.26 Å². The second-order valence-electron chi connectivity index (χ2n) is 2.01. The zero-order chi connectivity index (χ0) is 7.82. The van der Waals surface area contributed by atoms with Crippen molar-refractivity contribution in [2.24, 2.45) is 5.73 Å². The fraction of sp³-hybridized carbons (Fsp3) is 1.00. The molecule has 0 aliphatic heterocycles. The highest BCUT2D eigenvalue weighted by Crippen LogP contribution is 1.90. The van der Waals surface area contributed by atoms with E-state index in [4.69, 9.17) is 15.6 Å². The number of nitrogens with two attached hydrogens (primary N) is 1. The summed E-state index contributed by atoms with van der Waals surface area (Å²) in [7, 11) is 0. The standard InChI is InChI=1S/C6H15NO2S/c1-10-3-2-9-5-6(7)4-8/h6,8H,2-5,7H2,1H3. The molecule has 3 nitrogen and oxygen atoms in total. The molecule has 0 saturated carbocycles. The molecule has 0 aromatic rings. The Morgan fingerprint density at radius 2 is 2.40 bits per heavy atom. The Bertz CT molecular complexity index is 72.8. The molecule has 0 aliphatic carbocycles. The molecule has 1 unspecified atom stereocenters. The summed E-state index contributed by atoms with van der Waals surface area (Å²) in [5.74, 6) is 0.984. The van der Waals surface area contributed by atoms with Gasteiger partial charge in [-0.25, -0.2) is 0 Å². The molecule has 4 heteroatoms. The largest absolute Gasteiger partial charge is 0.395 e. The van der Waals surface area contributed by atoms with Crippen LogP contribution in [0.4, 0.5) is 0 Å². The van der Waals surface area contributed by atoms with Gasteiger partial charge in [0.05, 0.1) is 25.9 Å². The molecule has 0 spiro atoms. The molecular weight excluding hydrogens is 150 g/mol. The van der Waals surface area contributed by atoms with Crippen LogP contribution in [0, 0.1) is 0 Å². The van der Waals surface area contributed by atoms with E-state index < -0.39 is 0 Å². The van der Waals surface area contributed by atoms with Crippen LogP contribution in [-0.4, -0.2) is 43.0 Å². The summed E-state index contributed by atoms with van der Waals surface area (Å²) in [5, 5.41) is 8.48. The SMILES string of the molecule is CSCCOCC(N)CO. The Balaban J connectivity index is 2.89. The number of hydrogen-bond acceptors (Lipinski definition) is 4. The number of rotatable bonds is 6. The van der Waals surface area contributed by atoms with Gasteiger partial charge in [0.1, 0.15) is 0 Å². The molecule has 0 saturated heterocycles. The molecule has 1 atom stereocenters. The first kappa shape index (κ1) is 10.2. The number of hydrogen-bond donors (Lipinski definition) is 2. The molecule has 0 aliphatic rings. The maximum atomic E-state index is 8.48. The molecule has 0 amide bonds. The Labute approximate surface area is 65.9 Å². The van der Waals surface area contributed by atoms with Crippen molar-refractivity contribution in [1.29, 1.82) is 0 Å². The van der Waals surface area contributed by atoms with E-state index >= 15 is 0 Å². The smallest absolute Gasteiger partial charge is 0.0640 e. The second-order valence-corrected chi connectivity index (χ2v) is 3.00. The lowest BCUT2D eigenvalue weighted by atomic mass is 10.4. The topological polar surface area (TPSA) is 55.5 Å². The lowest BCUT2D eigenvalue weighted by Crippen LogP contribution is -2.30. The van der Waals surface area contributed by atoms with E-state index in [0.29, 0.717) is 6.61 Å². The summed E-state index contributed by atoms with van der Waals surface area (Å²) >= 11 is 1.73. The van der Waals surface area contributed by atoms with Gasteiger partial charge >= 0.3 is 0 Å². The van der Waals surface area contributed by atoms with Crippen molar-refractivity contribution in [2.75, 3.05) is 31.8 Å². The van der Waals surface area contributed by atoms with Crippen molar-refractivity contribution in [2.45, 2.75) is 6.04 Å². The molecule has 0 aromatic carbocycles. The minimum Gasteiger partial charge on any atom is -0.395 e. The average Bonchev–Trinajstić information content (AvgIpc) is 1.98. The Hall–Kier alpha value is 0.230. The van der Waals surface area contributed by atoms with Gasteiger partial charge in [-0.15, -0.1) is 0 Å². The highest BCUT2D eigenvalue weighted by molar-refractivity contribution is 7.98. The zero-order valence-electron chi connectivity index (χ0n) is 6.25. The normalized spacial score (nSPS) is 13.5. The maximum Gasteiger partial charge on any atom is 0.0640 e. The zero-order valence-corrected chi connectivity index (χ0v) is 7.06. The van der Waals surface area contributed by atoms with Crippen LogP contribution >= 0.6 is 11.8 Å². The Morgan fingerprint density at radius 1 is 1.70 bits per heavy atom. The van der Waals surface area contributed by atoms with Gasteiger partial charge in [0.2, 0.25) is 0 Å². The Kier molecular flexibility index (Phi) is 7.51. The van der Waals surface area contributed by atoms with Gasteiger partial charge < -0.3 is 15.6 Å². The molecule has 0 heterocycles. The predicted molar refractivity (Wildman–Crippen MR) is 44.3 cm³/mol. The number of thioether (sulfide) groups is 1. The first-order valence-electron chi connectivity index (χ1n) is 3.24. The summed E-state index contributed by atoms with van der Waals surface area (Å²) in [6.07, 6.45) is 2.02. The summed E-state index contributed by atoms with van der Waals surface area (Å²) in [6.45, 7) is 1.17. The lowest BCUT2D eigenvalue weighted by molar-refractivity contribution is 0.113. The van der Waals surface area contributed by atoms with Crippen molar-refractivity contribution in [3.63, 3.8) is 0 Å². The maximum absolute atomic E-state index is 8.48. The van der Waals surface area contributed by atoms with Crippen LogP contribution in [0.3, 0.4) is 0 Å². The molecule has 0 fully saturated rings. The van der Waals surface area contributed by atoms with Crippen molar-refractivity contribution < 1.29 is 9.84 Å². The second kappa shape index (κ2) is 7.34. The van der Waals surface area contributed by atoms with E-state index in [-0.39, 0.29) is 12.6 Å². The highest BCUT2D eigenvalue weighted by atomic mass is 32.2. The van der Waals surface area contributed by atoms with Crippen LogP contribution in [0.5, 0.6) is 0 Å². The summed E-state index contributed by atoms with van der Waals surface area (Å²) in [6, 6.07) is -0.221. The van der Waals surface area contributed by atoms with Crippen LogP contribution in [0.15, 0.2) is 0 Å². The van der Waals surface area contributed by atoms with Gasteiger partial charge in [0.25, 0.3) is 0 Å². The average molecular weight is 165 g/mol. The summed E-state index contributed by atoms with van der Waals surface area (Å²) < 4.78 is 5.12. The first-order chi connectivity index (χ1) is 4.81. The van der Waals surface area contributed by atoms with Crippen molar-refractivity contribution in [3.05, 3.63) is 0 Å². The molecule has 0 rings (SSSR count). The molecule has 0 radical (unpaired) electrons. The number of ether oxygens (including phenoxy) is 1. The van der Waals surface area contributed by atoms with Crippen LogP contribution < -0.4 is 5.73 Å². The summed E-state index contributed by atoms with van der Waals surface area (Å²) in [4.78, 5) is 0. The van der Waals surface area contributed by atoms with Crippen LogP contribution in [0.1, 0.15) is 0 Å². The van der Waals surface area contributed by atoms with E-state index in [9.17, 15) is 0 Å². The van der Waals surface area contributed by atoms with Gasteiger partial charge in [-0.1, -0.05) is 0 Å². The van der Waals surface area contributed by atoms with E-state index in [2.05, 4.69) is 0 Å². The van der Waals surface area contributed by atoms with Gasteiger partial charge in [-0.2, -0.15) is 11.8 Å². The van der Waals surface area contributed by atoms with Gasteiger partial charge in [0.15, 0.2) is 0 Å². The van der Waals surface area contributed by atoms with Crippen molar-refractivity contribution >= 4 is 11.8 Å². The molecule has 0 bridgehead atoms. The molecule has 0 aromatic heterocycles. The van der Waals surface area contributed by atoms with Crippen LogP contribution in [0.2, 0.25) is 0 Å². The third-order valence-corrected chi connectivity index (χ3v) is 1.57. The predicted octanol–water partition coefficient (Wildman–Crippen LogP) is -0.314. The van der Waals surface area contributed by atoms with E-state index in [1.165, 1.54) is 0 Å². The van der Waals surface area contributed by atoms with E-state index in [1.54, 1.807) is 11.8 Å². The lowest BCUT2D eigenvalue weighted by Gasteiger charge is -2.07. The van der Waals surface area contributed by atoms with E-state index in [0.717, 1.165) is 12.4 Å². The van der Waals surface area contributed by atoms with Crippen LogP contribution in [0.25, 0.3) is 0 Å². The molecule has 62 valence electrons. The molecular formula is C6H15NO2S. The van der Waals surface area contributed by atoms with Crippen molar-refractivity contribution in [3.8, 4) is 0 Å². The molecule has 3 N–H and O–H groups in total. The van der Waals surface area contributed by atoms with Crippen LogP contribution in [-0.2, 0) is 4.74 Å². The number of aliphatic hydroxyl groups is 1. The third-order valence-electron chi connectivity index (χ3n) is 0.998. The monoisotopic (exact) mass is 165 g/mol.